The van der Waals surface area contributed by atoms with Crippen molar-refractivity contribution in [2.24, 2.45) is 7.05 Å². The van der Waals surface area contributed by atoms with E-state index >= 15 is 0 Å². The minimum atomic E-state index is 0.176. The van der Waals surface area contributed by atoms with Gasteiger partial charge in [-0.25, -0.2) is 0 Å². The molecule has 5 nitrogen and oxygen atoms in total. The average molecular weight is 401 g/mol. The van der Waals surface area contributed by atoms with E-state index in [2.05, 4.69) is 46.7 Å². The van der Waals surface area contributed by atoms with Crippen LogP contribution in [0.15, 0.2) is 70.5 Å². The van der Waals surface area contributed by atoms with Crippen LogP contribution in [0.1, 0.15) is 33.5 Å². The number of benzene rings is 1. The molecular weight excluding hydrogens is 380 g/mol. The number of aromatic nitrogens is 4. The van der Waals surface area contributed by atoms with E-state index in [1.54, 1.807) is 0 Å². The van der Waals surface area contributed by atoms with Crippen LogP contribution in [-0.4, -0.2) is 19.9 Å². The molecule has 0 fully saturated rings. The Bertz CT molecular complexity index is 1200. The number of nitrogens with zero attached hydrogens (tertiary/aromatic N) is 4. The van der Waals surface area contributed by atoms with Gasteiger partial charge in [-0.2, -0.15) is 5.10 Å². The van der Waals surface area contributed by atoms with Crippen molar-refractivity contribution in [3.05, 3.63) is 89.3 Å². The van der Waals surface area contributed by atoms with Crippen LogP contribution >= 0.6 is 11.8 Å². The van der Waals surface area contributed by atoms with Crippen molar-refractivity contribution < 1.29 is 4.52 Å². The third-order valence-electron chi connectivity index (χ3n) is 5.14. The van der Waals surface area contributed by atoms with Crippen LogP contribution in [-0.2, 0) is 7.05 Å². The van der Waals surface area contributed by atoms with Crippen LogP contribution in [0.25, 0.3) is 16.7 Å². The van der Waals surface area contributed by atoms with Crippen molar-refractivity contribution in [3.8, 4) is 11.1 Å². The topological polar surface area (TPSA) is 56.7 Å². The van der Waals surface area contributed by atoms with Crippen LogP contribution in [0.5, 0.6) is 0 Å². The molecule has 0 amide bonds. The van der Waals surface area contributed by atoms with Gasteiger partial charge in [0.05, 0.1) is 22.8 Å². The lowest BCUT2D eigenvalue weighted by Crippen LogP contribution is -1.95. The smallest absolute Gasteiger partial charge is 0.141 e. The Morgan fingerprint density at radius 1 is 1.07 bits per heavy atom. The second kappa shape index (κ2) is 7.04. The van der Waals surface area contributed by atoms with E-state index in [-0.39, 0.29) is 5.25 Å². The molecule has 6 heteroatoms. The third kappa shape index (κ3) is 3.19. The number of rotatable bonds is 4. The third-order valence-corrected chi connectivity index (χ3v) is 6.33. The molecule has 0 saturated carbocycles. The van der Waals surface area contributed by atoms with Crippen LogP contribution in [0, 0.1) is 13.8 Å². The summed E-state index contributed by atoms with van der Waals surface area (Å²) in [5, 5.41) is 8.63. The highest BCUT2D eigenvalue weighted by Crippen LogP contribution is 2.47. The van der Waals surface area contributed by atoms with Gasteiger partial charge in [0.2, 0.25) is 0 Å². The first-order chi connectivity index (χ1) is 14.1. The second-order valence-corrected chi connectivity index (χ2v) is 8.41. The van der Waals surface area contributed by atoms with Gasteiger partial charge in [-0.05, 0) is 37.6 Å². The molecule has 0 spiro atoms. The van der Waals surface area contributed by atoms with Gasteiger partial charge >= 0.3 is 0 Å². The maximum atomic E-state index is 5.38. The number of pyridine rings is 1. The summed E-state index contributed by atoms with van der Waals surface area (Å²) in [6.45, 7) is 3.91. The lowest BCUT2D eigenvalue weighted by Gasteiger charge is -2.12. The maximum absolute atomic E-state index is 5.38. The molecule has 0 bridgehead atoms. The Labute approximate surface area is 173 Å². The van der Waals surface area contributed by atoms with E-state index in [0.29, 0.717) is 0 Å². The number of thioether (sulfide) groups is 1. The van der Waals surface area contributed by atoms with Crippen molar-refractivity contribution in [2.45, 2.75) is 24.0 Å². The molecular formula is C23H20N4OS. The van der Waals surface area contributed by atoms with E-state index in [9.17, 15) is 0 Å². The molecule has 0 radical (unpaired) electrons. The first kappa shape index (κ1) is 17.9. The summed E-state index contributed by atoms with van der Waals surface area (Å²) in [6.07, 6.45) is 8.15. The number of fused-ring (bicyclic) bond motifs is 1. The van der Waals surface area contributed by atoms with E-state index in [4.69, 9.17) is 9.51 Å². The van der Waals surface area contributed by atoms with E-state index in [1.165, 1.54) is 10.5 Å². The summed E-state index contributed by atoms with van der Waals surface area (Å²) >= 11 is 1.83. The van der Waals surface area contributed by atoms with Gasteiger partial charge in [-0.1, -0.05) is 29.4 Å². The molecule has 5 rings (SSSR count). The zero-order chi connectivity index (χ0) is 20.0. The van der Waals surface area contributed by atoms with Crippen molar-refractivity contribution >= 4 is 17.3 Å². The summed E-state index contributed by atoms with van der Waals surface area (Å²) in [6, 6.07) is 12.7. The fourth-order valence-corrected chi connectivity index (χ4v) is 4.93. The maximum Gasteiger partial charge on any atom is 0.141 e. The molecule has 4 aromatic rings. The Morgan fingerprint density at radius 2 is 1.90 bits per heavy atom. The zero-order valence-corrected chi connectivity index (χ0v) is 17.3. The second-order valence-electron chi connectivity index (χ2n) is 7.20. The molecule has 1 atom stereocenters. The Morgan fingerprint density at radius 3 is 2.59 bits per heavy atom. The fraction of sp³-hybridized carbons (Fsp3) is 0.174. The van der Waals surface area contributed by atoms with Crippen molar-refractivity contribution in [3.63, 3.8) is 0 Å². The van der Waals surface area contributed by atoms with Gasteiger partial charge in [0, 0.05) is 46.6 Å². The van der Waals surface area contributed by atoms with Crippen LogP contribution in [0.4, 0.5) is 0 Å². The summed E-state index contributed by atoms with van der Waals surface area (Å²) in [5.74, 6) is 0.815. The van der Waals surface area contributed by atoms with Crippen LogP contribution in [0.3, 0.4) is 0 Å². The SMILES string of the molecule is Cc1noc(C)c1-c1cnc2c(c1)C(Sc1ccccc1)C=C2c1cnn(C)c1. The Kier molecular flexibility index (Phi) is 4.36. The molecule has 3 heterocycles. The Hall–Kier alpha value is -3.12. The van der Waals surface area contributed by atoms with Crippen LogP contribution in [0.2, 0.25) is 0 Å². The molecule has 1 unspecified atom stereocenters. The van der Waals surface area contributed by atoms with Crippen molar-refractivity contribution in [2.75, 3.05) is 0 Å². The normalized spacial score (nSPS) is 15.4. The van der Waals surface area contributed by atoms with Gasteiger partial charge in [-0.3, -0.25) is 9.67 Å². The van der Waals surface area contributed by atoms with Crippen molar-refractivity contribution in [1.29, 1.82) is 0 Å². The average Bonchev–Trinajstić information content (AvgIpc) is 3.40. The van der Waals surface area contributed by atoms with E-state index in [0.717, 1.165) is 39.4 Å². The lowest BCUT2D eigenvalue weighted by atomic mass is 10.0. The standard InChI is InChI=1S/C23H20N4OS/c1-14-22(15(2)28-26-14)16-9-20-21(29-18-7-5-4-6-8-18)10-19(23(20)24-11-16)17-12-25-27(3)13-17/h4-13,21H,1-3H3. The molecule has 3 aromatic heterocycles. The van der Waals surface area contributed by atoms with Gasteiger partial charge in [0.15, 0.2) is 0 Å². The van der Waals surface area contributed by atoms with Gasteiger partial charge in [-0.15, -0.1) is 11.8 Å². The molecule has 0 aliphatic heterocycles. The highest BCUT2D eigenvalue weighted by atomic mass is 32.2. The highest BCUT2D eigenvalue weighted by Gasteiger charge is 2.28. The lowest BCUT2D eigenvalue weighted by molar-refractivity contribution is 0.393. The van der Waals surface area contributed by atoms with Gasteiger partial charge < -0.3 is 4.52 Å². The summed E-state index contributed by atoms with van der Waals surface area (Å²) in [7, 11) is 1.93. The molecule has 144 valence electrons. The summed E-state index contributed by atoms with van der Waals surface area (Å²) in [5.41, 5.74) is 7.39. The monoisotopic (exact) mass is 400 g/mol. The summed E-state index contributed by atoms with van der Waals surface area (Å²) < 4.78 is 7.20. The van der Waals surface area contributed by atoms with Gasteiger partial charge in [0.25, 0.3) is 0 Å². The molecule has 0 saturated heterocycles. The molecule has 29 heavy (non-hydrogen) atoms. The molecule has 1 aliphatic rings. The minimum Gasteiger partial charge on any atom is -0.361 e. The van der Waals surface area contributed by atoms with Crippen molar-refractivity contribution in [1.82, 2.24) is 19.9 Å². The molecule has 1 aromatic carbocycles. The van der Waals surface area contributed by atoms with E-state index < -0.39 is 0 Å². The predicted octanol–water partition coefficient (Wildman–Crippen LogP) is 5.37. The first-order valence-electron chi connectivity index (χ1n) is 9.46. The van der Waals surface area contributed by atoms with E-state index in [1.807, 2.05) is 62.0 Å². The Balaban J connectivity index is 1.62. The zero-order valence-electron chi connectivity index (χ0n) is 16.5. The quantitative estimate of drug-likeness (QED) is 0.461. The summed E-state index contributed by atoms with van der Waals surface area (Å²) in [4.78, 5) is 6.10. The molecule has 1 aliphatic carbocycles. The fourth-order valence-electron chi connectivity index (χ4n) is 3.81. The number of hydrogen-bond acceptors (Lipinski definition) is 5. The largest absolute Gasteiger partial charge is 0.361 e. The number of hydrogen-bond donors (Lipinski definition) is 0. The predicted molar refractivity (Wildman–Crippen MR) is 115 cm³/mol. The first-order valence-corrected chi connectivity index (χ1v) is 10.3. The molecule has 0 N–H and O–H groups in total. The minimum absolute atomic E-state index is 0.176. The highest BCUT2D eigenvalue weighted by molar-refractivity contribution is 7.99. The number of aryl methyl sites for hydroxylation is 3. The van der Waals surface area contributed by atoms with Crippen LogP contribution < -0.4 is 0 Å². The van der Waals surface area contributed by atoms with Gasteiger partial charge in [0.1, 0.15) is 5.76 Å².